The van der Waals surface area contributed by atoms with Gasteiger partial charge in [0.15, 0.2) is 0 Å². The zero-order chi connectivity index (χ0) is 22.0. The molecule has 6 nitrogen and oxygen atoms in total. The third kappa shape index (κ3) is 4.52. The molecule has 0 saturated heterocycles. The van der Waals surface area contributed by atoms with Crippen LogP contribution in [0.4, 0.5) is 14.5 Å². The molecule has 1 aliphatic rings. The summed E-state index contributed by atoms with van der Waals surface area (Å²) in [5.41, 5.74) is 2.49. The van der Waals surface area contributed by atoms with E-state index in [1.165, 1.54) is 6.07 Å². The summed E-state index contributed by atoms with van der Waals surface area (Å²) in [5.74, 6) is -3.24. The van der Waals surface area contributed by atoms with Gasteiger partial charge in [0.05, 0.1) is 18.4 Å². The van der Waals surface area contributed by atoms with E-state index in [1.807, 2.05) is 22.9 Å². The molecule has 162 valence electrons. The molecular formula is C22H20F2N2O4S. The normalized spacial score (nSPS) is 18.3. The molecule has 9 heteroatoms. The summed E-state index contributed by atoms with van der Waals surface area (Å²) in [5, 5.41) is 10.8. The van der Waals surface area contributed by atoms with Gasteiger partial charge in [-0.25, -0.2) is 8.42 Å². The van der Waals surface area contributed by atoms with E-state index in [9.17, 15) is 22.3 Å². The Labute approximate surface area is 178 Å². The first-order valence-electron chi connectivity index (χ1n) is 9.59. The first-order chi connectivity index (χ1) is 14.8. The first kappa shape index (κ1) is 21.2. The van der Waals surface area contributed by atoms with Crippen molar-refractivity contribution in [3.8, 4) is 16.9 Å². The Bertz CT molecular complexity index is 1170. The molecule has 2 atom stereocenters. The van der Waals surface area contributed by atoms with E-state index in [1.54, 1.807) is 42.6 Å². The van der Waals surface area contributed by atoms with Gasteiger partial charge in [0, 0.05) is 28.9 Å². The van der Waals surface area contributed by atoms with Gasteiger partial charge in [0.2, 0.25) is 0 Å². The Morgan fingerprint density at radius 1 is 1.13 bits per heavy atom. The minimum absolute atomic E-state index is 0.0344. The largest absolute Gasteiger partial charge is 0.493 e. The van der Waals surface area contributed by atoms with Crippen LogP contribution in [0.1, 0.15) is 17.4 Å². The SMILES string of the molecule is O=S(=O)(Nc1ccccc1-c1ccc2c(c1)OCC(Cc1ccccn1)[C@H]2O)C(F)F. The van der Waals surface area contributed by atoms with Gasteiger partial charge in [-0.05, 0) is 36.2 Å². The molecule has 0 amide bonds. The third-order valence-corrected chi connectivity index (χ3v) is 6.13. The number of para-hydroxylation sites is 1. The molecule has 0 saturated carbocycles. The number of nitrogens with one attached hydrogen (secondary N) is 1. The van der Waals surface area contributed by atoms with Gasteiger partial charge in [0.25, 0.3) is 10.0 Å². The van der Waals surface area contributed by atoms with Gasteiger partial charge >= 0.3 is 5.76 Å². The molecule has 2 heterocycles. The number of halogens is 2. The lowest BCUT2D eigenvalue weighted by atomic mass is 9.88. The van der Waals surface area contributed by atoms with Crippen LogP contribution in [0.15, 0.2) is 66.9 Å². The minimum Gasteiger partial charge on any atom is -0.493 e. The molecule has 2 aromatic carbocycles. The maximum absolute atomic E-state index is 12.8. The highest BCUT2D eigenvalue weighted by Crippen LogP contribution is 2.40. The molecule has 1 aliphatic heterocycles. The van der Waals surface area contributed by atoms with Crippen LogP contribution < -0.4 is 9.46 Å². The van der Waals surface area contributed by atoms with Crippen molar-refractivity contribution in [2.24, 2.45) is 5.92 Å². The molecule has 0 spiro atoms. The molecule has 2 N–H and O–H groups in total. The standard InChI is InChI=1S/C22H20F2N2O4S/c23-22(24)31(28,29)26-19-7-2-1-6-17(19)14-8-9-18-20(12-14)30-13-15(21(18)27)11-16-5-3-4-10-25-16/h1-10,12,15,21-22,26-27H,11,13H2/t15?,21-/m1/s1. The zero-order valence-corrected chi connectivity index (χ0v) is 17.1. The number of fused-ring (bicyclic) bond motifs is 1. The number of alkyl halides is 2. The van der Waals surface area contributed by atoms with Gasteiger partial charge < -0.3 is 9.84 Å². The average molecular weight is 446 g/mol. The Balaban J connectivity index is 1.61. The van der Waals surface area contributed by atoms with Crippen molar-refractivity contribution >= 4 is 15.7 Å². The maximum Gasteiger partial charge on any atom is 0.355 e. The molecular weight excluding hydrogens is 426 g/mol. The summed E-state index contributed by atoms with van der Waals surface area (Å²) >= 11 is 0. The molecule has 0 fully saturated rings. The van der Waals surface area contributed by atoms with Crippen molar-refractivity contribution in [3.05, 3.63) is 78.1 Å². The lowest BCUT2D eigenvalue weighted by Gasteiger charge is -2.30. The number of nitrogens with zero attached hydrogens (tertiary/aromatic N) is 1. The third-order valence-electron chi connectivity index (χ3n) is 5.15. The van der Waals surface area contributed by atoms with E-state index in [4.69, 9.17) is 4.74 Å². The Hall–Kier alpha value is -3.04. The lowest BCUT2D eigenvalue weighted by Crippen LogP contribution is -2.28. The fraction of sp³-hybridized carbons (Fsp3) is 0.227. The number of anilines is 1. The molecule has 3 aromatic rings. The van der Waals surface area contributed by atoms with Crippen LogP contribution in [0.2, 0.25) is 0 Å². The molecule has 1 unspecified atom stereocenters. The van der Waals surface area contributed by atoms with Crippen molar-refractivity contribution in [1.82, 2.24) is 4.98 Å². The number of sulfonamides is 1. The minimum atomic E-state index is -4.81. The van der Waals surface area contributed by atoms with E-state index in [-0.39, 0.29) is 18.2 Å². The Morgan fingerprint density at radius 2 is 1.90 bits per heavy atom. The summed E-state index contributed by atoms with van der Waals surface area (Å²) in [4.78, 5) is 4.29. The van der Waals surface area contributed by atoms with Crippen molar-refractivity contribution < 1.29 is 27.0 Å². The summed E-state index contributed by atoms with van der Waals surface area (Å²) in [6, 6.07) is 16.9. The number of pyridine rings is 1. The highest BCUT2D eigenvalue weighted by atomic mass is 32.2. The Kier molecular flexibility index (Phi) is 5.88. The van der Waals surface area contributed by atoms with E-state index < -0.39 is 21.9 Å². The van der Waals surface area contributed by atoms with Crippen LogP contribution in [-0.2, 0) is 16.4 Å². The molecule has 0 bridgehead atoms. The van der Waals surface area contributed by atoms with Gasteiger partial charge in [-0.3, -0.25) is 9.71 Å². The molecule has 0 radical (unpaired) electrons. The average Bonchev–Trinajstić information content (AvgIpc) is 2.76. The van der Waals surface area contributed by atoms with Crippen LogP contribution >= 0.6 is 0 Å². The number of hydrogen-bond acceptors (Lipinski definition) is 5. The second kappa shape index (κ2) is 8.60. The number of hydrogen-bond donors (Lipinski definition) is 2. The number of aliphatic hydroxyl groups is 1. The van der Waals surface area contributed by atoms with Crippen LogP contribution in [0.3, 0.4) is 0 Å². The summed E-state index contributed by atoms with van der Waals surface area (Å²) in [6.45, 7) is 0.286. The van der Waals surface area contributed by atoms with Crippen molar-refractivity contribution in [2.75, 3.05) is 11.3 Å². The monoisotopic (exact) mass is 446 g/mol. The highest BCUT2D eigenvalue weighted by Gasteiger charge is 2.30. The van der Waals surface area contributed by atoms with Gasteiger partial charge in [-0.1, -0.05) is 36.4 Å². The topological polar surface area (TPSA) is 88.5 Å². The number of ether oxygens (including phenoxy) is 1. The van der Waals surface area contributed by atoms with Gasteiger partial charge in [-0.2, -0.15) is 8.78 Å². The Morgan fingerprint density at radius 3 is 2.65 bits per heavy atom. The number of benzene rings is 2. The number of aliphatic hydroxyl groups excluding tert-OH is 1. The second-order valence-electron chi connectivity index (χ2n) is 7.25. The highest BCUT2D eigenvalue weighted by molar-refractivity contribution is 7.93. The summed E-state index contributed by atoms with van der Waals surface area (Å²) < 4.78 is 56.6. The first-order valence-corrected chi connectivity index (χ1v) is 11.1. The lowest BCUT2D eigenvalue weighted by molar-refractivity contribution is 0.0503. The smallest absolute Gasteiger partial charge is 0.355 e. The molecule has 4 rings (SSSR count). The van der Waals surface area contributed by atoms with E-state index >= 15 is 0 Å². The van der Waals surface area contributed by atoms with Crippen molar-refractivity contribution in [2.45, 2.75) is 18.3 Å². The van der Waals surface area contributed by atoms with Crippen LogP contribution in [0.25, 0.3) is 11.1 Å². The van der Waals surface area contributed by atoms with Crippen LogP contribution in [-0.4, -0.2) is 30.9 Å². The fourth-order valence-electron chi connectivity index (χ4n) is 3.59. The van der Waals surface area contributed by atoms with Crippen molar-refractivity contribution in [1.29, 1.82) is 0 Å². The molecule has 0 aliphatic carbocycles. The van der Waals surface area contributed by atoms with E-state index in [0.29, 0.717) is 28.9 Å². The second-order valence-corrected chi connectivity index (χ2v) is 8.90. The van der Waals surface area contributed by atoms with Crippen molar-refractivity contribution in [3.63, 3.8) is 0 Å². The van der Waals surface area contributed by atoms with Crippen LogP contribution in [0.5, 0.6) is 5.75 Å². The summed E-state index contributed by atoms with van der Waals surface area (Å²) in [7, 11) is -4.81. The summed E-state index contributed by atoms with van der Waals surface area (Å²) in [6.07, 6.45) is 1.50. The van der Waals surface area contributed by atoms with Gasteiger partial charge in [-0.15, -0.1) is 0 Å². The fourth-order valence-corrected chi connectivity index (χ4v) is 4.17. The zero-order valence-electron chi connectivity index (χ0n) is 16.3. The van der Waals surface area contributed by atoms with E-state index in [0.717, 1.165) is 5.69 Å². The van der Waals surface area contributed by atoms with E-state index in [2.05, 4.69) is 4.98 Å². The number of aromatic nitrogens is 1. The predicted molar refractivity (Wildman–Crippen MR) is 112 cm³/mol. The number of rotatable bonds is 6. The quantitative estimate of drug-likeness (QED) is 0.598. The van der Waals surface area contributed by atoms with Gasteiger partial charge in [0.1, 0.15) is 5.75 Å². The van der Waals surface area contributed by atoms with Crippen LogP contribution in [0, 0.1) is 5.92 Å². The molecule has 31 heavy (non-hydrogen) atoms. The molecule has 1 aromatic heterocycles. The maximum atomic E-state index is 12.8. The predicted octanol–water partition coefficient (Wildman–Crippen LogP) is 4.00.